The lowest BCUT2D eigenvalue weighted by Crippen LogP contribution is -2.39. The van der Waals surface area contributed by atoms with Crippen molar-refractivity contribution in [3.05, 3.63) is 101 Å². The number of para-hydroxylation sites is 2. The van der Waals surface area contributed by atoms with E-state index in [0.717, 1.165) is 12.1 Å². The Bertz CT molecular complexity index is 1400. The second-order valence-corrected chi connectivity index (χ2v) is 9.30. The van der Waals surface area contributed by atoms with Gasteiger partial charge in [-0.15, -0.1) is 0 Å². The van der Waals surface area contributed by atoms with Gasteiger partial charge in [0.05, 0.1) is 29.7 Å². The number of carbonyl (C=O) groups excluding carboxylic acids is 1. The Morgan fingerprint density at radius 1 is 1.00 bits per heavy atom. The van der Waals surface area contributed by atoms with Crippen LogP contribution in [0.4, 0.5) is 0 Å². The second-order valence-electron chi connectivity index (χ2n) is 9.30. The van der Waals surface area contributed by atoms with Crippen LogP contribution in [0, 0.1) is 5.92 Å². The van der Waals surface area contributed by atoms with E-state index in [0.29, 0.717) is 46.9 Å². The summed E-state index contributed by atoms with van der Waals surface area (Å²) in [6.07, 6.45) is 1.43. The highest BCUT2D eigenvalue weighted by Crippen LogP contribution is 2.29. The molecule has 6 nitrogen and oxygen atoms in total. The average molecular weight is 484 g/mol. The van der Waals surface area contributed by atoms with Gasteiger partial charge in [-0.1, -0.05) is 57.2 Å². The van der Waals surface area contributed by atoms with Crippen molar-refractivity contribution in [3.63, 3.8) is 0 Å². The fourth-order valence-electron chi connectivity index (χ4n) is 4.46. The van der Waals surface area contributed by atoms with Crippen LogP contribution < -0.4 is 10.3 Å². The smallest absolute Gasteiger partial charge is 0.266 e. The standard InChI is InChI=1S/C30H33N3O3/c1-5-27(32(19-18-21(2)3)29(34)22-12-11-15-24(20-22)36-4)28-31-26-17-10-9-16-25(26)30(35)33(28)23-13-7-6-8-14-23/h6-17,20-21,27H,5,18-19H2,1-4H3. The van der Waals surface area contributed by atoms with Crippen molar-refractivity contribution >= 4 is 16.8 Å². The van der Waals surface area contributed by atoms with Gasteiger partial charge in [-0.05, 0) is 61.2 Å². The third-order valence-electron chi connectivity index (χ3n) is 6.40. The molecule has 1 amide bonds. The molecule has 0 bridgehead atoms. The van der Waals surface area contributed by atoms with Gasteiger partial charge in [-0.3, -0.25) is 14.2 Å². The van der Waals surface area contributed by atoms with Crippen LogP contribution in [-0.4, -0.2) is 34.0 Å². The number of aromatic nitrogens is 2. The summed E-state index contributed by atoms with van der Waals surface area (Å²) in [6, 6.07) is 23.7. The van der Waals surface area contributed by atoms with Gasteiger partial charge >= 0.3 is 0 Å². The number of fused-ring (bicyclic) bond motifs is 1. The molecular weight excluding hydrogens is 450 g/mol. The molecule has 0 fully saturated rings. The minimum absolute atomic E-state index is 0.108. The van der Waals surface area contributed by atoms with Crippen LogP contribution in [0.15, 0.2) is 83.7 Å². The van der Waals surface area contributed by atoms with E-state index in [1.807, 2.05) is 72.5 Å². The van der Waals surface area contributed by atoms with E-state index in [-0.39, 0.29) is 11.5 Å². The highest BCUT2D eigenvalue weighted by molar-refractivity contribution is 5.95. The van der Waals surface area contributed by atoms with E-state index in [4.69, 9.17) is 9.72 Å². The van der Waals surface area contributed by atoms with Crippen LogP contribution in [0.25, 0.3) is 16.6 Å². The van der Waals surface area contributed by atoms with E-state index in [2.05, 4.69) is 13.8 Å². The molecule has 0 aliphatic rings. The molecule has 3 aromatic carbocycles. The van der Waals surface area contributed by atoms with E-state index in [9.17, 15) is 9.59 Å². The van der Waals surface area contributed by atoms with E-state index < -0.39 is 6.04 Å². The molecule has 4 aromatic rings. The number of methoxy groups -OCH3 is 1. The molecule has 0 spiro atoms. The maximum atomic E-state index is 14.0. The Hall–Kier alpha value is -3.93. The molecule has 186 valence electrons. The molecule has 1 atom stereocenters. The predicted molar refractivity (Wildman–Crippen MR) is 144 cm³/mol. The summed E-state index contributed by atoms with van der Waals surface area (Å²) in [6.45, 7) is 6.86. The molecule has 4 rings (SSSR count). The molecule has 1 aromatic heterocycles. The molecule has 0 aliphatic carbocycles. The van der Waals surface area contributed by atoms with Gasteiger partial charge in [0, 0.05) is 12.1 Å². The number of hydrogen-bond donors (Lipinski definition) is 0. The quantitative estimate of drug-likeness (QED) is 0.291. The normalized spacial score (nSPS) is 12.0. The maximum absolute atomic E-state index is 14.0. The van der Waals surface area contributed by atoms with Crippen molar-refractivity contribution in [3.8, 4) is 11.4 Å². The summed E-state index contributed by atoms with van der Waals surface area (Å²) in [5.74, 6) is 1.49. The van der Waals surface area contributed by atoms with Crippen LogP contribution in [0.1, 0.15) is 55.8 Å². The Kier molecular flexibility index (Phi) is 7.84. The fraction of sp³-hybridized carbons (Fsp3) is 0.300. The largest absolute Gasteiger partial charge is 0.497 e. The summed E-state index contributed by atoms with van der Waals surface area (Å²) in [5, 5.41) is 0.549. The molecule has 0 saturated carbocycles. The Morgan fingerprint density at radius 2 is 1.72 bits per heavy atom. The molecule has 0 saturated heterocycles. The second kappa shape index (κ2) is 11.2. The summed E-state index contributed by atoms with van der Waals surface area (Å²) >= 11 is 0. The number of benzene rings is 3. The monoisotopic (exact) mass is 483 g/mol. The number of carbonyl (C=O) groups is 1. The van der Waals surface area contributed by atoms with Crippen molar-refractivity contribution in [1.29, 1.82) is 0 Å². The molecule has 0 radical (unpaired) electrons. The molecule has 1 heterocycles. The highest BCUT2D eigenvalue weighted by atomic mass is 16.5. The first-order chi connectivity index (χ1) is 17.4. The van der Waals surface area contributed by atoms with Crippen LogP contribution in [0.3, 0.4) is 0 Å². The number of rotatable bonds is 9. The minimum atomic E-state index is -0.403. The highest BCUT2D eigenvalue weighted by Gasteiger charge is 2.30. The van der Waals surface area contributed by atoms with Gasteiger partial charge in [0.1, 0.15) is 11.6 Å². The Morgan fingerprint density at radius 3 is 2.42 bits per heavy atom. The SMILES string of the molecule is CCC(c1nc2ccccc2c(=O)n1-c1ccccc1)N(CCC(C)C)C(=O)c1cccc(OC)c1. The van der Waals surface area contributed by atoms with E-state index in [1.54, 1.807) is 29.9 Å². The zero-order valence-corrected chi connectivity index (χ0v) is 21.3. The number of nitrogens with zero attached hydrogens (tertiary/aromatic N) is 3. The lowest BCUT2D eigenvalue weighted by atomic mass is 10.0. The lowest BCUT2D eigenvalue weighted by molar-refractivity contribution is 0.0648. The van der Waals surface area contributed by atoms with Gasteiger partial charge in [-0.2, -0.15) is 0 Å². The molecule has 1 unspecified atom stereocenters. The molecule has 0 aliphatic heterocycles. The number of hydrogen-bond acceptors (Lipinski definition) is 4. The molecule has 0 N–H and O–H groups in total. The summed E-state index contributed by atoms with van der Waals surface area (Å²) in [5.41, 5.74) is 1.76. The van der Waals surface area contributed by atoms with Gasteiger partial charge in [-0.25, -0.2) is 4.98 Å². The van der Waals surface area contributed by atoms with Gasteiger partial charge in [0.2, 0.25) is 0 Å². The van der Waals surface area contributed by atoms with Gasteiger partial charge in [0.25, 0.3) is 11.5 Å². The molecule has 6 heteroatoms. The van der Waals surface area contributed by atoms with Crippen LogP contribution >= 0.6 is 0 Å². The summed E-state index contributed by atoms with van der Waals surface area (Å²) in [4.78, 5) is 34.6. The minimum Gasteiger partial charge on any atom is -0.497 e. The van der Waals surface area contributed by atoms with E-state index >= 15 is 0 Å². The molecule has 36 heavy (non-hydrogen) atoms. The maximum Gasteiger partial charge on any atom is 0.266 e. The van der Waals surface area contributed by atoms with Crippen LogP contribution in [-0.2, 0) is 0 Å². The topological polar surface area (TPSA) is 64.4 Å². The third-order valence-corrected chi connectivity index (χ3v) is 6.40. The lowest BCUT2D eigenvalue weighted by Gasteiger charge is -2.33. The Labute approximate surface area is 212 Å². The van der Waals surface area contributed by atoms with Crippen molar-refractivity contribution in [2.75, 3.05) is 13.7 Å². The first kappa shape index (κ1) is 25.2. The van der Waals surface area contributed by atoms with Crippen LogP contribution in [0.2, 0.25) is 0 Å². The van der Waals surface area contributed by atoms with E-state index in [1.165, 1.54) is 0 Å². The fourth-order valence-corrected chi connectivity index (χ4v) is 4.46. The number of ether oxygens (including phenoxy) is 1. The van der Waals surface area contributed by atoms with Crippen molar-refractivity contribution in [2.45, 2.75) is 39.7 Å². The summed E-state index contributed by atoms with van der Waals surface area (Å²) in [7, 11) is 1.59. The first-order valence-electron chi connectivity index (χ1n) is 12.5. The zero-order chi connectivity index (χ0) is 25.7. The van der Waals surface area contributed by atoms with Gasteiger partial charge < -0.3 is 9.64 Å². The number of amides is 1. The predicted octanol–water partition coefficient (Wildman–Crippen LogP) is 6.03. The molecular formula is C30H33N3O3. The Balaban J connectivity index is 1.92. The van der Waals surface area contributed by atoms with Crippen LogP contribution in [0.5, 0.6) is 5.75 Å². The average Bonchev–Trinajstić information content (AvgIpc) is 2.91. The van der Waals surface area contributed by atoms with Crippen molar-refractivity contribution in [2.24, 2.45) is 5.92 Å². The van der Waals surface area contributed by atoms with Gasteiger partial charge in [0.15, 0.2) is 0 Å². The zero-order valence-electron chi connectivity index (χ0n) is 21.3. The van der Waals surface area contributed by atoms with Crippen molar-refractivity contribution in [1.82, 2.24) is 14.5 Å². The van der Waals surface area contributed by atoms with Crippen molar-refractivity contribution < 1.29 is 9.53 Å². The summed E-state index contributed by atoms with van der Waals surface area (Å²) < 4.78 is 7.03. The third kappa shape index (κ3) is 5.18. The first-order valence-corrected chi connectivity index (χ1v) is 12.5.